The fourth-order valence-electron chi connectivity index (χ4n) is 1.76. The van der Waals surface area contributed by atoms with Gasteiger partial charge in [-0.25, -0.2) is 0 Å². The average Bonchev–Trinajstić information content (AvgIpc) is 2.30. The molecule has 0 radical (unpaired) electrons. The molecule has 16 heavy (non-hydrogen) atoms. The minimum Gasteiger partial charge on any atom is -0.328 e. The zero-order chi connectivity index (χ0) is 11.5. The van der Waals surface area contributed by atoms with Crippen molar-refractivity contribution in [2.45, 2.75) is 6.04 Å². The molecule has 1 aromatic rings. The summed E-state index contributed by atoms with van der Waals surface area (Å²) < 4.78 is 1.01. The Morgan fingerprint density at radius 1 is 1.44 bits per heavy atom. The largest absolute Gasteiger partial charge is 0.328 e. The first kappa shape index (κ1) is 12.0. The summed E-state index contributed by atoms with van der Waals surface area (Å²) in [5.41, 5.74) is 6.64. The van der Waals surface area contributed by atoms with E-state index in [0.29, 0.717) is 12.3 Å². The number of benzene rings is 1. The molecule has 1 unspecified atom stereocenters. The van der Waals surface area contributed by atoms with E-state index in [1.807, 2.05) is 29.2 Å². The Kier molecular flexibility index (Phi) is 3.89. The maximum Gasteiger partial charge on any atom is 0.237 e. The number of rotatable bonds is 2. The van der Waals surface area contributed by atoms with Gasteiger partial charge in [0.1, 0.15) is 0 Å². The van der Waals surface area contributed by atoms with Crippen molar-refractivity contribution < 1.29 is 4.79 Å². The van der Waals surface area contributed by atoms with Gasteiger partial charge in [0.15, 0.2) is 0 Å². The van der Waals surface area contributed by atoms with Gasteiger partial charge in [-0.05, 0) is 24.3 Å². The van der Waals surface area contributed by atoms with Crippen molar-refractivity contribution in [1.82, 2.24) is 0 Å². The van der Waals surface area contributed by atoms with Gasteiger partial charge in [-0.2, -0.15) is 0 Å². The molecule has 1 aliphatic rings. The number of halogens is 1. The normalized spacial score (nSPS) is 21.2. The van der Waals surface area contributed by atoms with Crippen LogP contribution < -0.4 is 10.6 Å². The number of hydrogen-bond donors (Lipinski definition) is 1. The van der Waals surface area contributed by atoms with Gasteiger partial charge in [0, 0.05) is 22.5 Å². The lowest BCUT2D eigenvalue weighted by Gasteiger charge is -2.34. The molecule has 5 heteroatoms. The van der Waals surface area contributed by atoms with Crippen LogP contribution in [0.3, 0.4) is 0 Å². The lowest BCUT2D eigenvalue weighted by molar-refractivity contribution is -0.116. The molecule has 2 N–H and O–H groups in total. The van der Waals surface area contributed by atoms with Gasteiger partial charge in [0.2, 0.25) is 5.91 Å². The highest BCUT2D eigenvalue weighted by Crippen LogP contribution is 2.25. The first-order valence-corrected chi connectivity index (χ1v) is 7.02. The topological polar surface area (TPSA) is 46.3 Å². The van der Waals surface area contributed by atoms with Crippen molar-refractivity contribution in [2.24, 2.45) is 5.73 Å². The van der Waals surface area contributed by atoms with Crippen LogP contribution in [0.25, 0.3) is 0 Å². The molecule has 3 nitrogen and oxygen atoms in total. The molecule has 0 aliphatic carbocycles. The summed E-state index contributed by atoms with van der Waals surface area (Å²) in [6, 6.07) is 7.89. The summed E-state index contributed by atoms with van der Waals surface area (Å²) in [5.74, 6) is 1.61. The molecular weight excluding hydrogens is 288 g/mol. The lowest BCUT2D eigenvalue weighted by atomic mass is 10.2. The number of hydrogen-bond acceptors (Lipinski definition) is 3. The Hall–Kier alpha value is -0.520. The fourth-order valence-corrected chi connectivity index (χ4v) is 3.01. The third kappa shape index (κ3) is 2.42. The second kappa shape index (κ2) is 5.21. The summed E-state index contributed by atoms with van der Waals surface area (Å²) in [6.07, 6.45) is 0. The van der Waals surface area contributed by atoms with E-state index >= 15 is 0 Å². The van der Waals surface area contributed by atoms with Crippen LogP contribution in [-0.4, -0.2) is 30.0 Å². The van der Waals surface area contributed by atoms with Crippen LogP contribution in [0, 0.1) is 0 Å². The van der Waals surface area contributed by atoms with E-state index in [2.05, 4.69) is 15.9 Å². The highest BCUT2D eigenvalue weighted by atomic mass is 79.9. The smallest absolute Gasteiger partial charge is 0.237 e. The monoisotopic (exact) mass is 300 g/mol. The SMILES string of the molecule is NCC1CSCC(=O)N1c1ccc(Br)cc1. The van der Waals surface area contributed by atoms with Crippen LogP contribution in [0.5, 0.6) is 0 Å². The summed E-state index contributed by atoms with van der Waals surface area (Å²) >= 11 is 5.04. The third-order valence-electron chi connectivity index (χ3n) is 2.55. The average molecular weight is 301 g/mol. The molecule has 1 aliphatic heterocycles. The zero-order valence-corrected chi connectivity index (χ0v) is 11.1. The molecule has 1 fully saturated rings. The minimum atomic E-state index is 0.118. The van der Waals surface area contributed by atoms with Crippen LogP contribution in [0.4, 0.5) is 5.69 Å². The molecule has 2 rings (SSSR count). The summed E-state index contributed by atoms with van der Waals surface area (Å²) in [5, 5.41) is 0. The molecule has 0 aromatic heterocycles. The predicted molar refractivity (Wildman–Crippen MR) is 71.8 cm³/mol. The standard InChI is InChI=1S/C11H13BrN2OS/c12-8-1-3-9(4-2-8)14-10(5-13)6-16-7-11(14)15/h1-4,10H,5-7,13H2. The zero-order valence-electron chi connectivity index (χ0n) is 8.73. The minimum absolute atomic E-state index is 0.118. The van der Waals surface area contributed by atoms with Crippen LogP contribution in [0.15, 0.2) is 28.7 Å². The maximum absolute atomic E-state index is 11.9. The molecular formula is C11H13BrN2OS. The van der Waals surface area contributed by atoms with Crippen LogP contribution >= 0.6 is 27.7 Å². The second-order valence-electron chi connectivity index (χ2n) is 3.64. The highest BCUT2D eigenvalue weighted by molar-refractivity contribution is 9.10. The van der Waals surface area contributed by atoms with E-state index in [-0.39, 0.29) is 11.9 Å². The van der Waals surface area contributed by atoms with Gasteiger partial charge >= 0.3 is 0 Å². The van der Waals surface area contributed by atoms with E-state index in [4.69, 9.17) is 5.73 Å². The predicted octanol–water partition coefficient (Wildman–Crippen LogP) is 1.86. The van der Waals surface area contributed by atoms with Crippen molar-refractivity contribution >= 4 is 39.3 Å². The Morgan fingerprint density at radius 3 is 2.75 bits per heavy atom. The number of amides is 1. The van der Waals surface area contributed by atoms with Gasteiger partial charge in [-0.15, -0.1) is 11.8 Å². The quantitative estimate of drug-likeness (QED) is 0.907. The number of carbonyl (C=O) groups excluding carboxylic acids is 1. The van der Waals surface area contributed by atoms with Crippen LogP contribution in [-0.2, 0) is 4.79 Å². The van der Waals surface area contributed by atoms with E-state index in [0.717, 1.165) is 15.9 Å². The number of nitrogens with two attached hydrogens (primary N) is 1. The maximum atomic E-state index is 11.9. The van der Waals surface area contributed by atoms with Gasteiger partial charge < -0.3 is 10.6 Å². The van der Waals surface area contributed by atoms with E-state index in [9.17, 15) is 4.79 Å². The second-order valence-corrected chi connectivity index (χ2v) is 5.59. The van der Waals surface area contributed by atoms with Gasteiger partial charge in [-0.3, -0.25) is 4.79 Å². The number of carbonyl (C=O) groups is 1. The van der Waals surface area contributed by atoms with Gasteiger partial charge in [0.05, 0.1) is 11.8 Å². The van der Waals surface area contributed by atoms with Crippen LogP contribution in [0.2, 0.25) is 0 Å². The molecule has 86 valence electrons. The summed E-state index contributed by atoms with van der Waals surface area (Å²) in [7, 11) is 0. The lowest BCUT2D eigenvalue weighted by Crippen LogP contribution is -2.50. The summed E-state index contributed by atoms with van der Waals surface area (Å²) in [6.45, 7) is 0.509. The molecule has 0 bridgehead atoms. The van der Waals surface area contributed by atoms with Crippen molar-refractivity contribution in [3.05, 3.63) is 28.7 Å². The number of nitrogens with zero attached hydrogens (tertiary/aromatic N) is 1. The van der Waals surface area contributed by atoms with Gasteiger partial charge in [-0.1, -0.05) is 15.9 Å². The van der Waals surface area contributed by atoms with E-state index in [1.54, 1.807) is 11.8 Å². The Bertz CT molecular complexity index is 382. The third-order valence-corrected chi connectivity index (χ3v) is 4.15. The van der Waals surface area contributed by atoms with Gasteiger partial charge in [0.25, 0.3) is 0 Å². The molecule has 0 spiro atoms. The van der Waals surface area contributed by atoms with Crippen LogP contribution in [0.1, 0.15) is 0 Å². The van der Waals surface area contributed by atoms with Crippen molar-refractivity contribution in [1.29, 1.82) is 0 Å². The molecule has 1 saturated heterocycles. The fraction of sp³-hybridized carbons (Fsp3) is 0.364. The van der Waals surface area contributed by atoms with E-state index in [1.165, 1.54) is 0 Å². The highest BCUT2D eigenvalue weighted by Gasteiger charge is 2.28. The number of anilines is 1. The summed E-state index contributed by atoms with van der Waals surface area (Å²) in [4.78, 5) is 13.7. The molecule has 1 heterocycles. The Morgan fingerprint density at radius 2 is 2.12 bits per heavy atom. The first-order valence-electron chi connectivity index (χ1n) is 5.08. The Balaban J connectivity index is 2.28. The van der Waals surface area contributed by atoms with E-state index < -0.39 is 0 Å². The molecule has 0 saturated carbocycles. The number of thioether (sulfide) groups is 1. The molecule has 1 atom stereocenters. The van der Waals surface area contributed by atoms with Crippen molar-refractivity contribution in [3.8, 4) is 0 Å². The molecule has 1 amide bonds. The van der Waals surface area contributed by atoms with Crippen molar-refractivity contribution in [3.63, 3.8) is 0 Å². The van der Waals surface area contributed by atoms with Crippen molar-refractivity contribution in [2.75, 3.05) is 23.0 Å². The first-order chi connectivity index (χ1) is 7.72. The Labute approximate surface area is 108 Å². The molecule has 1 aromatic carbocycles.